The minimum Gasteiger partial charge on any atom is -0.484 e. The number of carbonyl (C=O) groups excluding carboxylic acids is 1. The summed E-state index contributed by atoms with van der Waals surface area (Å²) in [4.78, 5) is 21.9. The van der Waals surface area contributed by atoms with Crippen molar-refractivity contribution in [1.82, 2.24) is 5.32 Å². The maximum atomic E-state index is 11.4. The predicted octanol–water partition coefficient (Wildman–Crippen LogP) is 2.07. The molecule has 1 aromatic carbocycles. The molecule has 0 heterocycles. The number of carbonyl (C=O) groups is 1. The van der Waals surface area contributed by atoms with Crippen molar-refractivity contribution in [2.45, 2.75) is 45.8 Å². The molecule has 0 aliphatic heterocycles. The monoisotopic (exact) mass is 339 g/mol. The van der Waals surface area contributed by atoms with Crippen molar-refractivity contribution in [3.05, 3.63) is 28.3 Å². The van der Waals surface area contributed by atoms with Crippen molar-refractivity contribution in [1.29, 1.82) is 0 Å². The smallest absolute Gasteiger partial charge is 0.312 e. The summed E-state index contributed by atoms with van der Waals surface area (Å²) in [6, 6.07) is 4.17. The first-order chi connectivity index (χ1) is 11.1. The summed E-state index contributed by atoms with van der Waals surface area (Å²) in [6.45, 7) is 7.82. The predicted molar refractivity (Wildman–Crippen MR) is 91.3 cm³/mol. The van der Waals surface area contributed by atoms with Gasteiger partial charge in [-0.1, -0.05) is 6.92 Å². The fourth-order valence-corrected chi connectivity index (χ4v) is 1.78. The van der Waals surface area contributed by atoms with E-state index in [1.54, 1.807) is 6.92 Å². The Bertz CT molecular complexity index is 584. The van der Waals surface area contributed by atoms with E-state index in [1.165, 1.54) is 18.2 Å². The molecule has 0 aromatic heterocycles. The van der Waals surface area contributed by atoms with Crippen LogP contribution in [0.2, 0.25) is 0 Å². The molecule has 24 heavy (non-hydrogen) atoms. The van der Waals surface area contributed by atoms with E-state index in [0.717, 1.165) is 0 Å². The van der Waals surface area contributed by atoms with Gasteiger partial charge in [0.2, 0.25) is 5.91 Å². The molecule has 8 nitrogen and oxygen atoms in total. The van der Waals surface area contributed by atoms with Gasteiger partial charge in [-0.15, -0.1) is 0 Å². The Balaban J connectivity index is 2.73. The van der Waals surface area contributed by atoms with Crippen LogP contribution in [-0.4, -0.2) is 40.7 Å². The standard InChI is InChI=1S/C16H25N3O5/c1-5-15(21)18-11-6-7-14(13(8-11)19(22)23)24-10-12(20)9-17-16(2,3)4/h6-8,12,17,20H,5,9-10H2,1-4H3,(H,18,21). The van der Waals surface area contributed by atoms with Gasteiger partial charge in [-0.25, -0.2) is 0 Å². The molecule has 0 spiro atoms. The third kappa shape index (κ3) is 6.93. The van der Waals surface area contributed by atoms with E-state index in [-0.39, 0.29) is 35.9 Å². The van der Waals surface area contributed by atoms with Crippen LogP contribution in [0.4, 0.5) is 11.4 Å². The lowest BCUT2D eigenvalue weighted by Gasteiger charge is -2.22. The molecule has 0 bridgehead atoms. The summed E-state index contributed by atoms with van der Waals surface area (Å²) in [5, 5.41) is 26.7. The lowest BCUT2D eigenvalue weighted by Crippen LogP contribution is -2.42. The highest BCUT2D eigenvalue weighted by Crippen LogP contribution is 2.30. The first-order valence-corrected chi connectivity index (χ1v) is 7.76. The van der Waals surface area contributed by atoms with Gasteiger partial charge in [0.05, 0.1) is 4.92 Å². The fraction of sp³-hybridized carbons (Fsp3) is 0.562. The molecule has 8 heteroatoms. The third-order valence-electron chi connectivity index (χ3n) is 3.06. The largest absolute Gasteiger partial charge is 0.484 e. The van der Waals surface area contributed by atoms with E-state index in [9.17, 15) is 20.0 Å². The number of hydrogen-bond donors (Lipinski definition) is 3. The number of nitro groups is 1. The highest BCUT2D eigenvalue weighted by atomic mass is 16.6. The number of nitrogens with zero attached hydrogens (tertiary/aromatic N) is 1. The Hall–Kier alpha value is -2.19. The molecule has 1 atom stereocenters. The van der Waals surface area contributed by atoms with Crippen LogP contribution in [0, 0.1) is 10.1 Å². The molecule has 0 aliphatic carbocycles. The van der Waals surface area contributed by atoms with E-state index in [2.05, 4.69) is 10.6 Å². The van der Waals surface area contributed by atoms with E-state index in [0.29, 0.717) is 12.2 Å². The van der Waals surface area contributed by atoms with E-state index in [1.807, 2.05) is 20.8 Å². The zero-order chi connectivity index (χ0) is 18.3. The Kier molecular flexibility index (Phi) is 7.12. The number of nitro benzene ring substituents is 1. The van der Waals surface area contributed by atoms with Crippen LogP contribution in [0.1, 0.15) is 34.1 Å². The summed E-state index contributed by atoms with van der Waals surface area (Å²) < 4.78 is 5.37. The molecule has 3 N–H and O–H groups in total. The van der Waals surface area contributed by atoms with Gasteiger partial charge in [0, 0.05) is 30.3 Å². The maximum Gasteiger partial charge on any atom is 0.312 e. The van der Waals surface area contributed by atoms with Gasteiger partial charge in [0.1, 0.15) is 12.7 Å². The normalized spacial score (nSPS) is 12.5. The second-order valence-electron chi connectivity index (χ2n) is 6.44. The summed E-state index contributed by atoms with van der Waals surface area (Å²) in [7, 11) is 0. The van der Waals surface area contributed by atoms with Crippen molar-refractivity contribution < 1.29 is 19.6 Å². The highest BCUT2D eigenvalue weighted by molar-refractivity contribution is 5.91. The van der Waals surface area contributed by atoms with Crippen LogP contribution in [0.25, 0.3) is 0 Å². The van der Waals surface area contributed by atoms with Crippen molar-refractivity contribution in [2.24, 2.45) is 0 Å². The number of β-amino-alcohol motifs (C(OH)–C–C–N with tert-alkyl or cyclic N) is 1. The topological polar surface area (TPSA) is 114 Å². The first-order valence-electron chi connectivity index (χ1n) is 7.76. The molecular formula is C16H25N3O5. The van der Waals surface area contributed by atoms with Crippen LogP contribution < -0.4 is 15.4 Å². The summed E-state index contributed by atoms with van der Waals surface area (Å²) in [5.41, 5.74) is -0.0812. The lowest BCUT2D eigenvalue weighted by atomic mass is 10.1. The van der Waals surface area contributed by atoms with E-state index < -0.39 is 11.0 Å². The minimum absolute atomic E-state index is 0.0457. The fourth-order valence-electron chi connectivity index (χ4n) is 1.78. The molecule has 0 fully saturated rings. The van der Waals surface area contributed by atoms with Crippen molar-refractivity contribution in [3.63, 3.8) is 0 Å². The number of nitrogens with one attached hydrogen (secondary N) is 2. The molecular weight excluding hydrogens is 314 g/mol. The van der Waals surface area contributed by atoms with Gasteiger partial charge in [-0.3, -0.25) is 14.9 Å². The summed E-state index contributed by atoms with van der Waals surface area (Å²) in [5.74, 6) is -0.189. The van der Waals surface area contributed by atoms with Crippen LogP contribution in [-0.2, 0) is 4.79 Å². The average Bonchev–Trinajstić information content (AvgIpc) is 2.50. The number of aliphatic hydroxyl groups is 1. The third-order valence-corrected chi connectivity index (χ3v) is 3.06. The molecule has 1 rings (SSSR count). The van der Waals surface area contributed by atoms with Crippen molar-refractivity contribution in [3.8, 4) is 5.75 Å². The van der Waals surface area contributed by atoms with Gasteiger partial charge < -0.3 is 20.5 Å². The molecule has 0 radical (unpaired) electrons. The van der Waals surface area contributed by atoms with Gasteiger partial charge in [0.15, 0.2) is 5.75 Å². The summed E-state index contributed by atoms with van der Waals surface area (Å²) in [6.07, 6.45) is -0.526. The minimum atomic E-state index is -0.803. The number of aliphatic hydroxyl groups excluding tert-OH is 1. The molecule has 134 valence electrons. The zero-order valence-electron chi connectivity index (χ0n) is 14.5. The number of anilines is 1. The van der Waals surface area contributed by atoms with Crippen molar-refractivity contribution >= 4 is 17.3 Å². The number of benzene rings is 1. The Morgan fingerprint density at radius 2 is 2.08 bits per heavy atom. The van der Waals surface area contributed by atoms with Crippen molar-refractivity contribution in [2.75, 3.05) is 18.5 Å². The lowest BCUT2D eigenvalue weighted by molar-refractivity contribution is -0.385. The SMILES string of the molecule is CCC(=O)Nc1ccc(OCC(O)CNC(C)(C)C)c([N+](=O)[O-])c1. The zero-order valence-corrected chi connectivity index (χ0v) is 14.5. The summed E-state index contributed by atoms with van der Waals surface area (Å²) >= 11 is 0. The Labute approximate surface area is 141 Å². The second kappa shape index (κ2) is 8.60. The quantitative estimate of drug-likeness (QED) is 0.493. The molecule has 0 saturated carbocycles. The first kappa shape index (κ1) is 19.9. The number of rotatable bonds is 8. The van der Waals surface area contributed by atoms with Gasteiger partial charge in [0.25, 0.3) is 0 Å². The molecule has 1 unspecified atom stereocenters. The van der Waals surface area contributed by atoms with E-state index in [4.69, 9.17) is 4.74 Å². The highest BCUT2D eigenvalue weighted by Gasteiger charge is 2.19. The maximum absolute atomic E-state index is 11.4. The molecule has 0 saturated heterocycles. The second-order valence-corrected chi connectivity index (χ2v) is 6.44. The van der Waals surface area contributed by atoms with Crippen LogP contribution in [0.5, 0.6) is 5.75 Å². The average molecular weight is 339 g/mol. The van der Waals surface area contributed by atoms with Crippen LogP contribution in [0.15, 0.2) is 18.2 Å². The van der Waals surface area contributed by atoms with E-state index >= 15 is 0 Å². The van der Waals surface area contributed by atoms with Gasteiger partial charge in [-0.2, -0.15) is 0 Å². The number of amides is 1. The van der Waals surface area contributed by atoms with Crippen LogP contribution >= 0.6 is 0 Å². The molecule has 1 amide bonds. The number of ether oxygens (including phenoxy) is 1. The van der Waals surface area contributed by atoms with Gasteiger partial charge >= 0.3 is 5.69 Å². The van der Waals surface area contributed by atoms with Crippen LogP contribution in [0.3, 0.4) is 0 Å². The Morgan fingerprint density at radius 3 is 2.62 bits per heavy atom. The molecule has 0 aliphatic rings. The van der Waals surface area contributed by atoms with Gasteiger partial charge in [-0.05, 0) is 32.9 Å². The molecule has 1 aromatic rings. The number of hydrogen-bond acceptors (Lipinski definition) is 6. The Morgan fingerprint density at radius 1 is 1.42 bits per heavy atom.